The minimum absolute atomic E-state index is 0.519. The Hall–Kier alpha value is -2.15. The summed E-state index contributed by atoms with van der Waals surface area (Å²) >= 11 is 1.55. The van der Waals surface area contributed by atoms with Crippen molar-refractivity contribution in [2.75, 3.05) is 14.2 Å². The molecule has 0 fully saturated rings. The van der Waals surface area contributed by atoms with Crippen molar-refractivity contribution in [3.8, 4) is 11.5 Å². The molecule has 3 aromatic rings. The van der Waals surface area contributed by atoms with Gasteiger partial charge in [-0.1, -0.05) is 25.2 Å². The Balaban J connectivity index is 1.91. The molecule has 2 aromatic heterocycles. The second-order valence-corrected chi connectivity index (χ2v) is 6.80. The molecule has 0 spiro atoms. The summed E-state index contributed by atoms with van der Waals surface area (Å²) in [6, 6.07) is 5.79. The van der Waals surface area contributed by atoms with Gasteiger partial charge in [0.15, 0.2) is 5.82 Å². The molecule has 0 bridgehead atoms. The fourth-order valence-corrected chi connectivity index (χ4v) is 3.32. The van der Waals surface area contributed by atoms with Gasteiger partial charge in [0.05, 0.1) is 14.2 Å². The van der Waals surface area contributed by atoms with Gasteiger partial charge in [-0.15, -0.1) is 10.2 Å². The highest BCUT2D eigenvalue weighted by Crippen LogP contribution is 2.27. The van der Waals surface area contributed by atoms with Gasteiger partial charge in [0.2, 0.25) is 4.96 Å². The molecule has 0 aliphatic rings. The van der Waals surface area contributed by atoms with E-state index in [1.165, 1.54) is 0 Å². The van der Waals surface area contributed by atoms with E-state index in [2.05, 4.69) is 29.1 Å². The van der Waals surface area contributed by atoms with Gasteiger partial charge in [-0.2, -0.15) is 9.61 Å². The Morgan fingerprint density at radius 2 is 2.00 bits per heavy atom. The molecule has 0 aliphatic heterocycles. The normalized spacial score (nSPS) is 11.3. The van der Waals surface area contributed by atoms with E-state index in [4.69, 9.17) is 9.47 Å². The first-order valence-electron chi connectivity index (χ1n) is 7.51. The van der Waals surface area contributed by atoms with Crippen LogP contribution in [0.2, 0.25) is 0 Å². The first-order chi connectivity index (χ1) is 11.1. The van der Waals surface area contributed by atoms with Crippen LogP contribution in [0.1, 0.15) is 30.2 Å². The predicted molar refractivity (Wildman–Crippen MR) is 89.6 cm³/mol. The predicted octanol–water partition coefficient (Wildman–Crippen LogP) is 2.99. The minimum Gasteiger partial charge on any atom is -0.497 e. The summed E-state index contributed by atoms with van der Waals surface area (Å²) in [6.07, 6.45) is 1.54. The van der Waals surface area contributed by atoms with Crippen molar-refractivity contribution in [2.24, 2.45) is 5.92 Å². The van der Waals surface area contributed by atoms with Crippen molar-refractivity contribution in [2.45, 2.75) is 26.7 Å². The molecule has 0 saturated carbocycles. The topological polar surface area (TPSA) is 61.5 Å². The molecule has 0 unspecified atom stereocenters. The number of nitrogens with zero attached hydrogens (tertiary/aromatic N) is 4. The summed E-state index contributed by atoms with van der Waals surface area (Å²) in [5.74, 6) is 3.07. The van der Waals surface area contributed by atoms with Gasteiger partial charge in [0, 0.05) is 18.4 Å². The van der Waals surface area contributed by atoms with Crippen LogP contribution < -0.4 is 9.47 Å². The Morgan fingerprint density at radius 3 is 2.70 bits per heavy atom. The van der Waals surface area contributed by atoms with Gasteiger partial charge < -0.3 is 9.47 Å². The third-order valence-corrected chi connectivity index (χ3v) is 4.42. The SMILES string of the molecule is COc1ccc(OC)c(Cc2nn3c(CC(C)C)nnc3s2)c1. The number of benzene rings is 1. The van der Waals surface area contributed by atoms with Crippen molar-refractivity contribution in [3.05, 3.63) is 34.6 Å². The fourth-order valence-electron chi connectivity index (χ4n) is 2.44. The van der Waals surface area contributed by atoms with E-state index in [0.717, 1.165) is 39.3 Å². The van der Waals surface area contributed by atoms with Crippen molar-refractivity contribution < 1.29 is 9.47 Å². The van der Waals surface area contributed by atoms with Crippen LogP contribution in [0.5, 0.6) is 11.5 Å². The number of hydrogen-bond acceptors (Lipinski definition) is 6. The third kappa shape index (κ3) is 3.29. The average Bonchev–Trinajstić information content (AvgIpc) is 3.08. The number of aromatic nitrogens is 4. The van der Waals surface area contributed by atoms with E-state index in [-0.39, 0.29) is 0 Å². The van der Waals surface area contributed by atoms with E-state index in [1.807, 2.05) is 22.7 Å². The molecule has 0 amide bonds. The summed E-state index contributed by atoms with van der Waals surface area (Å²) in [5.41, 5.74) is 1.04. The lowest BCUT2D eigenvalue weighted by molar-refractivity contribution is 0.399. The molecule has 23 heavy (non-hydrogen) atoms. The maximum Gasteiger partial charge on any atom is 0.234 e. The molecule has 2 heterocycles. The standard InChI is InChI=1S/C16H20N4O2S/c1-10(2)7-14-17-18-16-20(14)19-15(23-16)9-11-8-12(21-3)5-6-13(11)22-4/h5-6,8,10H,7,9H2,1-4H3. The van der Waals surface area contributed by atoms with E-state index in [9.17, 15) is 0 Å². The van der Waals surface area contributed by atoms with Gasteiger partial charge in [-0.3, -0.25) is 0 Å². The van der Waals surface area contributed by atoms with Crippen LogP contribution >= 0.6 is 11.3 Å². The van der Waals surface area contributed by atoms with Crippen LogP contribution in [0, 0.1) is 5.92 Å². The highest BCUT2D eigenvalue weighted by Gasteiger charge is 2.15. The zero-order valence-corrected chi connectivity index (χ0v) is 14.6. The van der Waals surface area contributed by atoms with Gasteiger partial charge in [-0.25, -0.2) is 0 Å². The third-order valence-electron chi connectivity index (χ3n) is 3.52. The smallest absolute Gasteiger partial charge is 0.234 e. The average molecular weight is 332 g/mol. The molecule has 1 aromatic carbocycles. The van der Waals surface area contributed by atoms with Gasteiger partial charge >= 0.3 is 0 Å². The maximum absolute atomic E-state index is 5.44. The van der Waals surface area contributed by atoms with E-state index in [1.54, 1.807) is 25.6 Å². The molecular weight excluding hydrogens is 312 g/mol. The molecule has 7 heteroatoms. The molecule has 6 nitrogen and oxygen atoms in total. The molecule has 122 valence electrons. The second kappa shape index (κ2) is 6.54. The van der Waals surface area contributed by atoms with E-state index < -0.39 is 0 Å². The Labute approximate surface area is 139 Å². The fraction of sp³-hybridized carbons (Fsp3) is 0.438. The zero-order chi connectivity index (χ0) is 16.4. The zero-order valence-electron chi connectivity index (χ0n) is 13.7. The summed E-state index contributed by atoms with van der Waals surface area (Å²) in [7, 11) is 3.33. The van der Waals surface area contributed by atoms with Gasteiger partial charge in [0.25, 0.3) is 0 Å². The van der Waals surface area contributed by atoms with Crippen molar-refractivity contribution in [3.63, 3.8) is 0 Å². The van der Waals surface area contributed by atoms with Crippen LogP contribution in [-0.4, -0.2) is 34.0 Å². The number of methoxy groups -OCH3 is 2. The molecular formula is C16H20N4O2S. The van der Waals surface area contributed by atoms with Crippen LogP contribution in [0.15, 0.2) is 18.2 Å². The largest absolute Gasteiger partial charge is 0.497 e. The molecule has 3 rings (SSSR count). The van der Waals surface area contributed by atoms with E-state index >= 15 is 0 Å². The summed E-state index contributed by atoms with van der Waals surface area (Å²) < 4.78 is 12.6. The van der Waals surface area contributed by atoms with Crippen LogP contribution in [0.25, 0.3) is 4.96 Å². The Morgan fingerprint density at radius 1 is 1.17 bits per heavy atom. The van der Waals surface area contributed by atoms with E-state index in [0.29, 0.717) is 12.3 Å². The lowest BCUT2D eigenvalue weighted by Gasteiger charge is -2.09. The lowest BCUT2D eigenvalue weighted by atomic mass is 10.1. The Bertz CT molecular complexity index is 810. The summed E-state index contributed by atoms with van der Waals surface area (Å²) in [4.78, 5) is 0.831. The first-order valence-corrected chi connectivity index (χ1v) is 8.33. The molecule has 0 atom stereocenters. The number of ether oxygens (including phenoxy) is 2. The van der Waals surface area contributed by atoms with Crippen molar-refractivity contribution >= 4 is 16.3 Å². The summed E-state index contributed by atoms with van der Waals surface area (Å²) in [5, 5.41) is 14.1. The quantitative estimate of drug-likeness (QED) is 0.694. The monoisotopic (exact) mass is 332 g/mol. The molecule has 0 saturated heterocycles. The highest BCUT2D eigenvalue weighted by atomic mass is 32.1. The lowest BCUT2D eigenvalue weighted by Crippen LogP contribution is -2.02. The van der Waals surface area contributed by atoms with Gasteiger partial charge in [-0.05, 0) is 24.1 Å². The minimum atomic E-state index is 0.519. The number of rotatable bonds is 6. The van der Waals surface area contributed by atoms with Crippen LogP contribution in [-0.2, 0) is 12.8 Å². The Kier molecular flexibility index (Phi) is 4.47. The highest BCUT2D eigenvalue weighted by molar-refractivity contribution is 7.16. The van der Waals surface area contributed by atoms with Crippen LogP contribution in [0.4, 0.5) is 0 Å². The molecule has 0 N–H and O–H groups in total. The summed E-state index contributed by atoms with van der Waals surface area (Å²) in [6.45, 7) is 4.32. The number of hydrogen-bond donors (Lipinski definition) is 0. The number of fused-ring (bicyclic) bond motifs is 1. The first kappa shape index (κ1) is 15.7. The second-order valence-electron chi connectivity index (χ2n) is 5.76. The molecule has 0 radical (unpaired) electrons. The van der Waals surface area contributed by atoms with Crippen LogP contribution in [0.3, 0.4) is 0 Å². The van der Waals surface area contributed by atoms with Gasteiger partial charge in [0.1, 0.15) is 16.5 Å². The molecule has 0 aliphatic carbocycles. The van der Waals surface area contributed by atoms with Crippen molar-refractivity contribution in [1.82, 2.24) is 19.8 Å². The maximum atomic E-state index is 5.44. The van der Waals surface area contributed by atoms with Crippen molar-refractivity contribution in [1.29, 1.82) is 0 Å².